The molecular weight excluding hydrogens is 264 g/mol. The number of pyridine rings is 1. The van der Waals surface area contributed by atoms with E-state index in [9.17, 15) is 4.79 Å². The van der Waals surface area contributed by atoms with Gasteiger partial charge in [-0.05, 0) is 44.4 Å². The summed E-state index contributed by atoms with van der Waals surface area (Å²) in [6.07, 6.45) is 6.28. The maximum atomic E-state index is 12.4. The van der Waals surface area contributed by atoms with Crippen molar-refractivity contribution in [2.24, 2.45) is 0 Å². The molecule has 5 nitrogen and oxygen atoms in total. The molecule has 5 heteroatoms. The molecule has 114 valence electrons. The van der Waals surface area contributed by atoms with Gasteiger partial charge in [0.1, 0.15) is 5.69 Å². The lowest BCUT2D eigenvalue weighted by atomic mass is 10.1. The first kappa shape index (κ1) is 14.3. The highest BCUT2D eigenvalue weighted by atomic mass is 16.2. The van der Waals surface area contributed by atoms with Crippen molar-refractivity contribution in [2.45, 2.75) is 44.7 Å². The van der Waals surface area contributed by atoms with Gasteiger partial charge in [-0.1, -0.05) is 6.92 Å². The van der Waals surface area contributed by atoms with Crippen LogP contribution in [-0.2, 0) is 0 Å². The molecule has 3 rings (SSSR count). The Bertz CT molecular complexity index is 505. The lowest BCUT2D eigenvalue weighted by Crippen LogP contribution is -2.42. The zero-order valence-corrected chi connectivity index (χ0v) is 12.6. The van der Waals surface area contributed by atoms with Crippen molar-refractivity contribution in [2.75, 3.05) is 25.0 Å². The van der Waals surface area contributed by atoms with E-state index in [0.29, 0.717) is 11.7 Å². The highest BCUT2D eigenvalue weighted by Gasteiger charge is 2.37. The molecule has 0 spiro atoms. The molecule has 2 aliphatic heterocycles. The molecule has 2 unspecified atom stereocenters. The fourth-order valence-corrected chi connectivity index (χ4v) is 3.43. The summed E-state index contributed by atoms with van der Waals surface area (Å²) >= 11 is 0. The third-order valence-electron chi connectivity index (χ3n) is 4.49. The lowest BCUT2D eigenvalue weighted by Gasteiger charge is -2.21. The van der Waals surface area contributed by atoms with Crippen molar-refractivity contribution < 1.29 is 4.79 Å². The zero-order valence-electron chi connectivity index (χ0n) is 12.6. The number of hydrogen-bond donors (Lipinski definition) is 2. The smallest absolute Gasteiger partial charge is 0.270 e. The van der Waals surface area contributed by atoms with Gasteiger partial charge < -0.3 is 10.6 Å². The first-order valence-electron chi connectivity index (χ1n) is 8.03. The van der Waals surface area contributed by atoms with Gasteiger partial charge in [0, 0.05) is 37.1 Å². The number of rotatable bonds is 5. The molecule has 0 aromatic carbocycles. The quantitative estimate of drug-likeness (QED) is 0.868. The lowest BCUT2D eigenvalue weighted by molar-refractivity contribution is 0.0924. The molecule has 2 saturated heterocycles. The summed E-state index contributed by atoms with van der Waals surface area (Å²) in [6, 6.07) is 4.57. The molecule has 3 heterocycles. The van der Waals surface area contributed by atoms with Crippen LogP contribution in [-0.4, -0.2) is 47.5 Å². The minimum absolute atomic E-state index is 0.0473. The van der Waals surface area contributed by atoms with Crippen molar-refractivity contribution >= 4 is 11.6 Å². The summed E-state index contributed by atoms with van der Waals surface area (Å²) in [7, 11) is 0. The Kier molecular flexibility index (Phi) is 4.39. The second kappa shape index (κ2) is 6.43. The van der Waals surface area contributed by atoms with E-state index in [1.807, 2.05) is 12.1 Å². The number of carbonyl (C=O) groups excluding carboxylic acids is 1. The summed E-state index contributed by atoms with van der Waals surface area (Å²) < 4.78 is 0. The van der Waals surface area contributed by atoms with Crippen LogP contribution in [0, 0.1) is 0 Å². The van der Waals surface area contributed by atoms with Crippen molar-refractivity contribution in [1.29, 1.82) is 0 Å². The molecule has 2 atom stereocenters. The van der Waals surface area contributed by atoms with Crippen LogP contribution in [0.5, 0.6) is 0 Å². The molecule has 21 heavy (non-hydrogen) atoms. The first-order chi connectivity index (χ1) is 10.3. The van der Waals surface area contributed by atoms with E-state index < -0.39 is 0 Å². The van der Waals surface area contributed by atoms with Gasteiger partial charge in [0.25, 0.3) is 5.91 Å². The van der Waals surface area contributed by atoms with Crippen molar-refractivity contribution in [3.63, 3.8) is 0 Å². The predicted octanol–water partition coefficient (Wildman–Crippen LogP) is 1.87. The third kappa shape index (κ3) is 3.18. The molecule has 0 aliphatic carbocycles. The van der Waals surface area contributed by atoms with Gasteiger partial charge in [-0.25, -0.2) is 0 Å². The highest BCUT2D eigenvalue weighted by molar-refractivity contribution is 5.93. The van der Waals surface area contributed by atoms with E-state index in [-0.39, 0.29) is 11.9 Å². The third-order valence-corrected chi connectivity index (χ3v) is 4.49. The van der Waals surface area contributed by atoms with Gasteiger partial charge in [-0.2, -0.15) is 0 Å². The summed E-state index contributed by atoms with van der Waals surface area (Å²) in [6.45, 7) is 5.33. The molecule has 1 aromatic rings. The molecule has 2 N–H and O–H groups in total. The predicted molar refractivity (Wildman–Crippen MR) is 83.5 cm³/mol. The number of fused-ring (bicyclic) bond motifs is 1. The Morgan fingerprint density at radius 1 is 1.43 bits per heavy atom. The summed E-state index contributed by atoms with van der Waals surface area (Å²) in [5.41, 5.74) is 1.47. The van der Waals surface area contributed by atoms with Crippen LogP contribution < -0.4 is 10.6 Å². The molecular formula is C16H24N4O. The summed E-state index contributed by atoms with van der Waals surface area (Å²) in [5.74, 6) is -0.0473. The summed E-state index contributed by atoms with van der Waals surface area (Å²) in [4.78, 5) is 19.1. The Morgan fingerprint density at radius 2 is 2.33 bits per heavy atom. The van der Waals surface area contributed by atoms with E-state index in [1.54, 1.807) is 6.20 Å². The fourth-order valence-electron chi connectivity index (χ4n) is 3.43. The second-order valence-corrected chi connectivity index (χ2v) is 5.97. The van der Waals surface area contributed by atoms with Crippen molar-refractivity contribution in [3.8, 4) is 0 Å². The fraction of sp³-hybridized carbons (Fsp3) is 0.625. The van der Waals surface area contributed by atoms with Crippen molar-refractivity contribution in [3.05, 3.63) is 24.0 Å². The maximum absolute atomic E-state index is 12.4. The number of aromatic nitrogens is 1. The van der Waals surface area contributed by atoms with Gasteiger partial charge in [0.2, 0.25) is 0 Å². The highest BCUT2D eigenvalue weighted by Crippen LogP contribution is 2.28. The SMILES string of the molecule is CCCNc1ccnc(C(=O)NC2CCN3CCCC23)c1. The molecule has 0 radical (unpaired) electrons. The molecule has 1 aromatic heterocycles. The van der Waals surface area contributed by atoms with Gasteiger partial charge >= 0.3 is 0 Å². The molecule has 2 fully saturated rings. The van der Waals surface area contributed by atoms with Gasteiger partial charge in [-0.3, -0.25) is 14.7 Å². The first-order valence-corrected chi connectivity index (χ1v) is 8.03. The number of amides is 1. The largest absolute Gasteiger partial charge is 0.385 e. The minimum Gasteiger partial charge on any atom is -0.385 e. The van der Waals surface area contributed by atoms with Crippen LogP contribution in [0.1, 0.15) is 43.1 Å². The molecule has 0 bridgehead atoms. The average molecular weight is 288 g/mol. The Labute approximate surface area is 126 Å². The van der Waals surface area contributed by atoms with E-state index >= 15 is 0 Å². The van der Waals surface area contributed by atoms with Crippen LogP contribution in [0.3, 0.4) is 0 Å². The van der Waals surface area contributed by atoms with Crippen LogP contribution in [0.25, 0.3) is 0 Å². The topological polar surface area (TPSA) is 57.3 Å². The van der Waals surface area contributed by atoms with Crippen LogP contribution in [0.15, 0.2) is 18.3 Å². The maximum Gasteiger partial charge on any atom is 0.270 e. The van der Waals surface area contributed by atoms with Gasteiger partial charge in [0.15, 0.2) is 0 Å². The Hall–Kier alpha value is -1.62. The average Bonchev–Trinajstić information content (AvgIpc) is 3.10. The van der Waals surface area contributed by atoms with E-state index in [1.165, 1.54) is 19.4 Å². The number of nitrogens with one attached hydrogen (secondary N) is 2. The molecule has 0 saturated carbocycles. The number of nitrogens with zero attached hydrogens (tertiary/aromatic N) is 2. The monoisotopic (exact) mass is 288 g/mol. The van der Waals surface area contributed by atoms with Gasteiger partial charge in [0.05, 0.1) is 0 Å². The minimum atomic E-state index is -0.0473. The van der Waals surface area contributed by atoms with E-state index in [0.717, 1.165) is 31.6 Å². The van der Waals surface area contributed by atoms with Crippen LogP contribution >= 0.6 is 0 Å². The summed E-state index contributed by atoms with van der Waals surface area (Å²) in [5, 5.41) is 6.47. The molecule has 1 amide bonds. The Balaban J connectivity index is 1.62. The zero-order chi connectivity index (χ0) is 14.7. The Morgan fingerprint density at radius 3 is 3.19 bits per heavy atom. The van der Waals surface area contributed by atoms with E-state index in [2.05, 4.69) is 27.4 Å². The van der Waals surface area contributed by atoms with Crippen LogP contribution in [0.2, 0.25) is 0 Å². The van der Waals surface area contributed by atoms with E-state index in [4.69, 9.17) is 0 Å². The normalized spacial score (nSPS) is 24.8. The number of anilines is 1. The standard InChI is InChI=1S/C16H24N4O/c1-2-7-17-12-5-8-18-14(11-12)16(21)19-13-6-10-20-9-3-4-15(13)20/h5,8,11,13,15H,2-4,6-7,9-10H2,1H3,(H,17,18)(H,19,21). The number of carbonyl (C=O) groups is 1. The van der Waals surface area contributed by atoms with Gasteiger partial charge in [-0.15, -0.1) is 0 Å². The molecule has 2 aliphatic rings. The van der Waals surface area contributed by atoms with Crippen molar-refractivity contribution in [1.82, 2.24) is 15.2 Å². The second-order valence-electron chi connectivity index (χ2n) is 5.97. The number of hydrogen-bond acceptors (Lipinski definition) is 4. The van der Waals surface area contributed by atoms with Crippen LogP contribution in [0.4, 0.5) is 5.69 Å².